The summed E-state index contributed by atoms with van der Waals surface area (Å²) < 4.78 is 1.84. The van der Waals surface area contributed by atoms with E-state index in [9.17, 15) is 4.79 Å². The summed E-state index contributed by atoms with van der Waals surface area (Å²) in [5.74, 6) is -0.834. The van der Waals surface area contributed by atoms with Crippen molar-refractivity contribution in [3.63, 3.8) is 0 Å². The molecule has 72 valence electrons. The number of pyridine rings is 1. The predicted molar refractivity (Wildman–Crippen MR) is 51.3 cm³/mol. The van der Waals surface area contributed by atoms with Gasteiger partial charge in [-0.05, 0) is 13.0 Å². The number of carbonyl (C=O) groups is 1. The molecular weight excluding hydrogens is 180 g/mol. The maximum atomic E-state index is 10.6. The van der Waals surface area contributed by atoms with Crippen LogP contribution in [-0.2, 0) is 11.2 Å². The van der Waals surface area contributed by atoms with Crippen LogP contribution in [0.3, 0.4) is 0 Å². The molecule has 1 N–H and O–H groups in total. The second kappa shape index (κ2) is 3.14. The smallest absolute Gasteiger partial charge is 0.307 e. The first-order valence-corrected chi connectivity index (χ1v) is 4.32. The Kier molecular flexibility index (Phi) is 1.96. The van der Waals surface area contributed by atoms with E-state index < -0.39 is 5.97 Å². The van der Waals surface area contributed by atoms with Gasteiger partial charge >= 0.3 is 5.97 Å². The van der Waals surface area contributed by atoms with Gasteiger partial charge in [-0.25, -0.2) is 4.98 Å². The Morgan fingerprint density at radius 2 is 2.43 bits per heavy atom. The van der Waals surface area contributed by atoms with Crippen molar-refractivity contribution in [1.82, 2.24) is 9.38 Å². The Bertz CT molecular complexity index is 488. The lowest BCUT2D eigenvalue weighted by Crippen LogP contribution is -2.02. The standard InChI is InChI=1S/C10H10N2O2/c1-7-6-12-4-2-3-8(5-9(13)14)10(12)11-7/h2-4,6H,5H2,1H3,(H,13,14). The van der Waals surface area contributed by atoms with Gasteiger partial charge in [-0.1, -0.05) is 6.07 Å². The Balaban J connectivity index is 2.58. The van der Waals surface area contributed by atoms with E-state index in [1.54, 1.807) is 6.07 Å². The fourth-order valence-corrected chi connectivity index (χ4v) is 1.49. The third-order valence-corrected chi connectivity index (χ3v) is 2.03. The lowest BCUT2D eigenvalue weighted by molar-refractivity contribution is -0.136. The fraction of sp³-hybridized carbons (Fsp3) is 0.200. The molecule has 0 saturated heterocycles. The molecule has 2 aromatic rings. The zero-order valence-electron chi connectivity index (χ0n) is 7.77. The van der Waals surface area contributed by atoms with Crippen molar-refractivity contribution in [1.29, 1.82) is 0 Å². The number of rotatable bonds is 2. The van der Waals surface area contributed by atoms with Crippen LogP contribution in [0.1, 0.15) is 11.3 Å². The van der Waals surface area contributed by atoms with E-state index in [1.807, 2.05) is 29.8 Å². The van der Waals surface area contributed by atoms with Crippen LogP contribution >= 0.6 is 0 Å². The molecule has 0 unspecified atom stereocenters. The second-order valence-corrected chi connectivity index (χ2v) is 3.22. The van der Waals surface area contributed by atoms with Crippen LogP contribution in [0.2, 0.25) is 0 Å². The summed E-state index contributed by atoms with van der Waals surface area (Å²) in [6.07, 6.45) is 3.75. The molecule has 0 aromatic carbocycles. The first kappa shape index (κ1) is 8.74. The van der Waals surface area contributed by atoms with Crippen LogP contribution < -0.4 is 0 Å². The van der Waals surface area contributed by atoms with Crippen LogP contribution in [0.5, 0.6) is 0 Å². The van der Waals surface area contributed by atoms with E-state index >= 15 is 0 Å². The summed E-state index contributed by atoms with van der Waals surface area (Å²) in [5, 5.41) is 8.70. The van der Waals surface area contributed by atoms with Crippen LogP contribution in [0.4, 0.5) is 0 Å². The number of nitrogens with zero attached hydrogens (tertiary/aromatic N) is 2. The van der Waals surface area contributed by atoms with E-state index in [1.165, 1.54) is 0 Å². The van der Waals surface area contributed by atoms with Gasteiger partial charge in [0.25, 0.3) is 0 Å². The Labute approximate surface area is 80.8 Å². The van der Waals surface area contributed by atoms with Crippen molar-refractivity contribution in [2.45, 2.75) is 13.3 Å². The maximum absolute atomic E-state index is 10.6. The number of fused-ring (bicyclic) bond motifs is 1. The van der Waals surface area contributed by atoms with Gasteiger partial charge in [0.15, 0.2) is 0 Å². The molecule has 0 aliphatic heterocycles. The van der Waals surface area contributed by atoms with Crippen LogP contribution in [0, 0.1) is 6.92 Å². The highest BCUT2D eigenvalue weighted by molar-refractivity contribution is 5.73. The second-order valence-electron chi connectivity index (χ2n) is 3.22. The van der Waals surface area contributed by atoms with Gasteiger partial charge in [0.2, 0.25) is 0 Å². The van der Waals surface area contributed by atoms with Crippen molar-refractivity contribution >= 4 is 11.6 Å². The van der Waals surface area contributed by atoms with Gasteiger partial charge in [0.05, 0.1) is 12.1 Å². The summed E-state index contributed by atoms with van der Waals surface area (Å²) in [6.45, 7) is 1.89. The molecule has 0 atom stereocenters. The van der Waals surface area contributed by atoms with Gasteiger partial charge < -0.3 is 9.51 Å². The van der Waals surface area contributed by atoms with Crippen LogP contribution in [0.25, 0.3) is 5.65 Å². The molecule has 2 rings (SSSR count). The third-order valence-electron chi connectivity index (χ3n) is 2.03. The highest BCUT2D eigenvalue weighted by Crippen LogP contribution is 2.11. The maximum Gasteiger partial charge on any atom is 0.307 e. The van der Waals surface area contributed by atoms with Gasteiger partial charge in [0.1, 0.15) is 5.65 Å². The Morgan fingerprint density at radius 3 is 3.14 bits per heavy atom. The van der Waals surface area contributed by atoms with Crippen molar-refractivity contribution < 1.29 is 9.90 Å². The predicted octanol–water partition coefficient (Wildman–Crippen LogP) is 1.27. The summed E-state index contributed by atoms with van der Waals surface area (Å²) in [4.78, 5) is 14.8. The summed E-state index contributed by atoms with van der Waals surface area (Å²) in [5.41, 5.74) is 2.36. The molecule has 14 heavy (non-hydrogen) atoms. The highest BCUT2D eigenvalue weighted by Gasteiger charge is 2.07. The number of aryl methyl sites for hydroxylation is 1. The molecule has 4 heteroatoms. The van der Waals surface area contributed by atoms with Crippen molar-refractivity contribution in [3.8, 4) is 0 Å². The normalized spacial score (nSPS) is 10.6. The summed E-state index contributed by atoms with van der Waals surface area (Å²) in [6, 6.07) is 3.61. The number of hydrogen-bond donors (Lipinski definition) is 1. The molecule has 0 aliphatic carbocycles. The average molecular weight is 190 g/mol. The van der Waals surface area contributed by atoms with Crippen LogP contribution in [0.15, 0.2) is 24.5 Å². The zero-order chi connectivity index (χ0) is 10.1. The SMILES string of the molecule is Cc1cn2cccc(CC(=O)O)c2n1. The fourth-order valence-electron chi connectivity index (χ4n) is 1.49. The van der Waals surface area contributed by atoms with Gasteiger partial charge in [0, 0.05) is 18.0 Å². The topological polar surface area (TPSA) is 54.6 Å². The lowest BCUT2D eigenvalue weighted by Gasteiger charge is -1.99. The first-order chi connectivity index (χ1) is 6.66. The van der Waals surface area contributed by atoms with Gasteiger partial charge in [-0.3, -0.25) is 4.79 Å². The summed E-state index contributed by atoms with van der Waals surface area (Å²) in [7, 11) is 0. The van der Waals surface area contributed by atoms with E-state index in [4.69, 9.17) is 5.11 Å². The number of hydrogen-bond acceptors (Lipinski definition) is 2. The molecule has 0 aliphatic rings. The Morgan fingerprint density at radius 1 is 1.64 bits per heavy atom. The van der Waals surface area contributed by atoms with Crippen LogP contribution in [-0.4, -0.2) is 20.5 Å². The first-order valence-electron chi connectivity index (χ1n) is 4.32. The average Bonchev–Trinajstić information content (AvgIpc) is 2.45. The van der Waals surface area contributed by atoms with E-state index in [0.717, 1.165) is 16.9 Å². The quantitative estimate of drug-likeness (QED) is 0.775. The van der Waals surface area contributed by atoms with E-state index in [-0.39, 0.29) is 6.42 Å². The van der Waals surface area contributed by atoms with E-state index in [2.05, 4.69) is 4.98 Å². The number of aromatic nitrogens is 2. The number of carboxylic acids is 1. The highest BCUT2D eigenvalue weighted by atomic mass is 16.4. The van der Waals surface area contributed by atoms with Gasteiger partial charge in [-0.2, -0.15) is 0 Å². The monoisotopic (exact) mass is 190 g/mol. The largest absolute Gasteiger partial charge is 0.481 e. The molecule has 0 spiro atoms. The lowest BCUT2D eigenvalue weighted by atomic mass is 10.2. The number of imidazole rings is 1. The molecular formula is C10H10N2O2. The zero-order valence-corrected chi connectivity index (χ0v) is 7.77. The molecule has 0 bridgehead atoms. The molecule has 0 saturated carbocycles. The third kappa shape index (κ3) is 1.46. The van der Waals surface area contributed by atoms with Crippen molar-refractivity contribution in [2.24, 2.45) is 0 Å². The minimum Gasteiger partial charge on any atom is -0.481 e. The molecule has 0 amide bonds. The number of carboxylic acid groups (broad SMARTS) is 1. The van der Waals surface area contributed by atoms with Gasteiger partial charge in [-0.15, -0.1) is 0 Å². The molecule has 0 fully saturated rings. The van der Waals surface area contributed by atoms with E-state index in [0.29, 0.717) is 0 Å². The summed E-state index contributed by atoms with van der Waals surface area (Å²) >= 11 is 0. The molecule has 0 radical (unpaired) electrons. The molecule has 2 aromatic heterocycles. The molecule has 2 heterocycles. The molecule has 4 nitrogen and oxygen atoms in total. The minimum atomic E-state index is -0.834. The minimum absolute atomic E-state index is 0.0147. The number of aliphatic carboxylic acids is 1. The Hall–Kier alpha value is -1.84. The van der Waals surface area contributed by atoms with Crippen molar-refractivity contribution in [2.75, 3.05) is 0 Å². The van der Waals surface area contributed by atoms with Crippen molar-refractivity contribution in [3.05, 3.63) is 35.8 Å².